The summed E-state index contributed by atoms with van der Waals surface area (Å²) in [5.74, 6) is 3.43. The summed E-state index contributed by atoms with van der Waals surface area (Å²) in [5.41, 5.74) is 0.166. The highest BCUT2D eigenvalue weighted by Crippen LogP contribution is 2.09. The summed E-state index contributed by atoms with van der Waals surface area (Å²) in [6.45, 7) is -0.267. The molecule has 0 aliphatic rings. The standard InChI is InChI=1S/C13H15FN2O4S/c14-12-9-11(5-4-10(12)3-1-2-7-17)13(18)16-6-8-21(15,19)20/h4-5,9,17H,2,6-8H2,(H,16,18)(H2,15,19,20). The Kier molecular flexibility index (Phi) is 6.30. The number of hydrogen-bond acceptors (Lipinski definition) is 4. The van der Waals surface area contributed by atoms with E-state index in [1.807, 2.05) is 0 Å². The summed E-state index contributed by atoms with van der Waals surface area (Å²) in [6.07, 6.45) is 0.231. The largest absolute Gasteiger partial charge is 0.395 e. The number of aliphatic hydroxyl groups excluding tert-OH is 1. The predicted molar refractivity (Wildman–Crippen MR) is 75.3 cm³/mol. The molecule has 4 N–H and O–H groups in total. The predicted octanol–water partition coefficient (Wildman–Crippen LogP) is -0.422. The summed E-state index contributed by atoms with van der Waals surface area (Å²) >= 11 is 0. The van der Waals surface area contributed by atoms with Gasteiger partial charge in [-0.1, -0.05) is 11.8 Å². The first-order valence-corrected chi connectivity index (χ1v) is 7.73. The fourth-order valence-electron chi connectivity index (χ4n) is 1.38. The van der Waals surface area contributed by atoms with E-state index >= 15 is 0 Å². The second kappa shape index (κ2) is 7.73. The molecule has 6 nitrogen and oxygen atoms in total. The number of hydrogen-bond donors (Lipinski definition) is 3. The van der Waals surface area contributed by atoms with Gasteiger partial charge in [-0.2, -0.15) is 0 Å². The number of nitrogens with one attached hydrogen (secondary N) is 1. The molecule has 0 atom stereocenters. The van der Waals surface area contributed by atoms with Gasteiger partial charge in [0.25, 0.3) is 5.91 Å². The molecule has 0 unspecified atom stereocenters. The third kappa shape index (κ3) is 6.35. The molecule has 0 radical (unpaired) electrons. The van der Waals surface area contributed by atoms with Crippen molar-refractivity contribution in [3.8, 4) is 11.8 Å². The minimum absolute atomic E-state index is 0.0506. The third-order valence-corrected chi connectivity index (χ3v) is 3.14. The minimum atomic E-state index is -3.66. The summed E-state index contributed by atoms with van der Waals surface area (Å²) in [5, 5.41) is 15.7. The van der Waals surface area contributed by atoms with Crippen LogP contribution in [-0.4, -0.2) is 38.3 Å². The van der Waals surface area contributed by atoms with Crippen LogP contribution in [0, 0.1) is 17.7 Å². The van der Waals surface area contributed by atoms with Crippen molar-refractivity contribution in [2.45, 2.75) is 6.42 Å². The van der Waals surface area contributed by atoms with Gasteiger partial charge in [0.2, 0.25) is 10.0 Å². The highest BCUT2D eigenvalue weighted by molar-refractivity contribution is 7.89. The first-order valence-electron chi connectivity index (χ1n) is 6.01. The lowest BCUT2D eigenvalue weighted by Crippen LogP contribution is -2.31. The van der Waals surface area contributed by atoms with Crippen LogP contribution in [-0.2, 0) is 10.0 Å². The van der Waals surface area contributed by atoms with Crippen LogP contribution < -0.4 is 10.5 Å². The fraction of sp³-hybridized carbons (Fsp3) is 0.308. The van der Waals surface area contributed by atoms with Crippen molar-refractivity contribution in [2.24, 2.45) is 5.14 Å². The smallest absolute Gasteiger partial charge is 0.251 e. The average molecular weight is 314 g/mol. The molecule has 1 rings (SSSR count). The summed E-state index contributed by atoms with van der Waals surface area (Å²) in [6, 6.07) is 3.72. The number of sulfonamides is 1. The van der Waals surface area contributed by atoms with Crippen LogP contribution in [0.4, 0.5) is 4.39 Å². The van der Waals surface area contributed by atoms with Gasteiger partial charge in [0, 0.05) is 18.5 Å². The second-order valence-corrected chi connectivity index (χ2v) is 5.83. The van der Waals surface area contributed by atoms with E-state index in [0.717, 1.165) is 6.07 Å². The van der Waals surface area contributed by atoms with E-state index in [9.17, 15) is 17.6 Å². The SMILES string of the molecule is NS(=O)(=O)CCNC(=O)c1ccc(C#CCCO)c(F)c1. The van der Waals surface area contributed by atoms with E-state index in [2.05, 4.69) is 17.2 Å². The van der Waals surface area contributed by atoms with Gasteiger partial charge in [0.05, 0.1) is 17.9 Å². The molecule has 1 amide bonds. The maximum absolute atomic E-state index is 13.7. The Morgan fingerprint density at radius 3 is 2.71 bits per heavy atom. The number of primary sulfonamides is 1. The van der Waals surface area contributed by atoms with Crippen LogP contribution in [0.25, 0.3) is 0 Å². The Morgan fingerprint density at radius 2 is 2.14 bits per heavy atom. The molecule has 0 heterocycles. The quantitative estimate of drug-likeness (QED) is 0.641. The number of carbonyl (C=O) groups is 1. The minimum Gasteiger partial charge on any atom is -0.395 e. The van der Waals surface area contributed by atoms with Crippen molar-refractivity contribution < 1.29 is 22.7 Å². The van der Waals surface area contributed by atoms with E-state index in [0.29, 0.717) is 0 Å². The summed E-state index contributed by atoms with van der Waals surface area (Å²) in [7, 11) is -3.66. The van der Waals surface area contributed by atoms with Gasteiger partial charge < -0.3 is 10.4 Å². The Morgan fingerprint density at radius 1 is 1.43 bits per heavy atom. The van der Waals surface area contributed by atoms with Gasteiger partial charge in [-0.05, 0) is 18.2 Å². The number of nitrogens with two attached hydrogens (primary N) is 1. The Hall–Kier alpha value is -1.95. The van der Waals surface area contributed by atoms with Crippen molar-refractivity contribution in [1.82, 2.24) is 5.32 Å². The number of rotatable bonds is 5. The van der Waals surface area contributed by atoms with Crippen molar-refractivity contribution in [1.29, 1.82) is 0 Å². The van der Waals surface area contributed by atoms with Crippen LogP contribution in [0.3, 0.4) is 0 Å². The number of carbonyl (C=O) groups excluding carboxylic acids is 1. The molecule has 0 bridgehead atoms. The van der Waals surface area contributed by atoms with Crippen LogP contribution in [0.1, 0.15) is 22.3 Å². The maximum atomic E-state index is 13.7. The molecule has 0 aliphatic carbocycles. The Labute approximate surface area is 122 Å². The van der Waals surface area contributed by atoms with Crippen LogP contribution >= 0.6 is 0 Å². The molecular weight excluding hydrogens is 299 g/mol. The van der Waals surface area contributed by atoms with E-state index < -0.39 is 27.5 Å². The molecule has 114 valence electrons. The first kappa shape index (κ1) is 17.1. The molecule has 21 heavy (non-hydrogen) atoms. The van der Waals surface area contributed by atoms with Crippen LogP contribution in [0.2, 0.25) is 0 Å². The lowest BCUT2D eigenvalue weighted by atomic mass is 10.1. The van der Waals surface area contributed by atoms with E-state index in [1.165, 1.54) is 12.1 Å². The van der Waals surface area contributed by atoms with Crippen molar-refractivity contribution in [2.75, 3.05) is 18.9 Å². The van der Waals surface area contributed by atoms with Crippen molar-refractivity contribution >= 4 is 15.9 Å². The number of aliphatic hydroxyl groups is 1. The molecule has 1 aromatic rings. The van der Waals surface area contributed by atoms with Gasteiger partial charge in [-0.25, -0.2) is 17.9 Å². The van der Waals surface area contributed by atoms with Gasteiger partial charge in [-0.15, -0.1) is 0 Å². The first-order chi connectivity index (χ1) is 9.83. The van der Waals surface area contributed by atoms with Gasteiger partial charge in [0.15, 0.2) is 0 Å². The Bertz CT molecular complexity index is 677. The molecule has 0 saturated carbocycles. The van der Waals surface area contributed by atoms with Crippen LogP contribution in [0.5, 0.6) is 0 Å². The number of halogens is 1. The number of benzene rings is 1. The second-order valence-electron chi connectivity index (χ2n) is 4.09. The zero-order valence-electron chi connectivity index (χ0n) is 11.1. The summed E-state index contributed by atoms with van der Waals surface area (Å²) in [4.78, 5) is 11.7. The van der Waals surface area contributed by atoms with Gasteiger partial charge in [-0.3, -0.25) is 4.79 Å². The zero-order chi connectivity index (χ0) is 15.9. The zero-order valence-corrected chi connectivity index (χ0v) is 11.9. The maximum Gasteiger partial charge on any atom is 0.251 e. The molecule has 8 heteroatoms. The molecular formula is C13H15FN2O4S. The van der Waals surface area contributed by atoms with E-state index in [1.54, 1.807) is 0 Å². The third-order valence-electron chi connectivity index (χ3n) is 2.36. The molecule has 0 aliphatic heterocycles. The van der Waals surface area contributed by atoms with Crippen molar-refractivity contribution in [3.63, 3.8) is 0 Å². The monoisotopic (exact) mass is 314 g/mol. The lowest BCUT2D eigenvalue weighted by Gasteiger charge is -2.05. The summed E-state index contributed by atoms with van der Waals surface area (Å²) < 4.78 is 35.1. The average Bonchev–Trinajstić information content (AvgIpc) is 2.39. The van der Waals surface area contributed by atoms with Crippen LogP contribution in [0.15, 0.2) is 18.2 Å². The van der Waals surface area contributed by atoms with E-state index in [4.69, 9.17) is 10.2 Å². The molecule has 0 fully saturated rings. The molecule has 0 spiro atoms. The highest BCUT2D eigenvalue weighted by Gasteiger charge is 2.10. The number of amides is 1. The normalized spacial score (nSPS) is 10.6. The van der Waals surface area contributed by atoms with Gasteiger partial charge in [0.1, 0.15) is 5.82 Å². The van der Waals surface area contributed by atoms with Crippen molar-refractivity contribution in [3.05, 3.63) is 35.1 Å². The van der Waals surface area contributed by atoms with E-state index in [-0.39, 0.29) is 30.7 Å². The lowest BCUT2D eigenvalue weighted by molar-refractivity contribution is 0.0955. The molecule has 0 aromatic heterocycles. The Balaban J connectivity index is 2.71. The molecule has 1 aromatic carbocycles. The topological polar surface area (TPSA) is 109 Å². The molecule has 0 saturated heterocycles. The van der Waals surface area contributed by atoms with Gasteiger partial charge >= 0.3 is 0 Å². The highest BCUT2D eigenvalue weighted by atomic mass is 32.2. The fourth-order valence-corrected chi connectivity index (χ4v) is 1.77.